The third kappa shape index (κ3) is 4.37. The van der Waals surface area contributed by atoms with E-state index in [2.05, 4.69) is 56.6 Å². The number of nitrogens with one attached hydrogen (secondary N) is 1. The molecule has 0 radical (unpaired) electrons. The number of hydrogen-bond acceptors (Lipinski definition) is 2. The second kappa shape index (κ2) is 8.86. The van der Waals surface area contributed by atoms with Crippen LogP contribution in [0.25, 0.3) is 5.57 Å². The van der Waals surface area contributed by atoms with Gasteiger partial charge in [0.05, 0.1) is 6.54 Å². The fourth-order valence-electron chi connectivity index (χ4n) is 2.83. The second-order valence-corrected chi connectivity index (χ2v) is 5.65. The van der Waals surface area contributed by atoms with Crippen LogP contribution in [0.5, 0.6) is 0 Å². The maximum Gasteiger partial charge on any atom is 0.194 e. The number of imidazole rings is 1. The van der Waals surface area contributed by atoms with E-state index in [9.17, 15) is 0 Å². The average molecular weight is 437 g/mol. The molecule has 2 aromatic rings. The van der Waals surface area contributed by atoms with Crippen molar-refractivity contribution in [2.24, 2.45) is 12.0 Å². The number of nitrogens with zero attached hydrogens (tertiary/aromatic N) is 4. The van der Waals surface area contributed by atoms with Gasteiger partial charge in [-0.3, -0.25) is 4.99 Å². The molecule has 6 heteroatoms. The van der Waals surface area contributed by atoms with Gasteiger partial charge in [-0.2, -0.15) is 0 Å². The smallest absolute Gasteiger partial charge is 0.194 e. The highest BCUT2D eigenvalue weighted by molar-refractivity contribution is 14.0. The van der Waals surface area contributed by atoms with E-state index in [0.717, 1.165) is 31.3 Å². The molecule has 0 saturated heterocycles. The molecule has 0 unspecified atom stereocenters. The van der Waals surface area contributed by atoms with Crippen molar-refractivity contribution in [2.45, 2.75) is 13.0 Å². The fraction of sp³-hybridized carbons (Fsp3) is 0.333. The SMILES string of the molecule is CN=C(NCc1nccn1C)N1CC=C(c2ccccc2)CC1.I. The lowest BCUT2D eigenvalue weighted by atomic mass is 10.00. The highest BCUT2D eigenvalue weighted by Gasteiger charge is 2.16. The lowest BCUT2D eigenvalue weighted by Crippen LogP contribution is -2.43. The first kappa shape index (κ1) is 18.5. The maximum atomic E-state index is 4.40. The Kier molecular flexibility index (Phi) is 6.84. The molecule has 0 spiro atoms. The summed E-state index contributed by atoms with van der Waals surface area (Å²) in [6.07, 6.45) is 7.10. The molecular formula is C18H24IN5. The van der Waals surface area contributed by atoms with E-state index in [-0.39, 0.29) is 24.0 Å². The zero-order valence-electron chi connectivity index (χ0n) is 14.1. The lowest BCUT2D eigenvalue weighted by Gasteiger charge is -2.29. The molecule has 0 fully saturated rings. The number of aliphatic imine (C=N–C) groups is 1. The van der Waals surface area contributed by atoms with Gasteiger partial charge in [0.15, 0.2) is 5.96 Å². The van der Waals surface area contributed by atoms with Gasteiger partial charge in [-0.15, -0.1) is 24.0 Å². The Bertz CT molecular complexity index is 705. The van der Waals surface area contributed by atoms with Crippen molar-refractivity contribution in [3.63, 3.8) is 0 Å². The number of guanidine groups is 1. The van der Waals surface area contributed by atoms with Gasteiger partial charge in [0.25, 0.3) is 0 Å². The molecule has 0 bridgehead atoms. The van der Waals surface area contributed by atoms with Gasteiger partial charge in [0.2, 0.25) is 0 Å². The lowest BCUT2D eigenvalue weighted by molar-refractivity contribution is 0.438. The molecule has 0 saturated carbocycles. The van der Waals surface area contributed by atoms with Crippen LogP contribution < -0.4 is 5.32 Å². The molecule has 0 amide bonds. The zero-order chi connectivity index (χ0) is 16.1. The summed E-state index contributed by atoms with van der Waals surface area (Å²) < 4.78 is 2.02. The molecule has 5 nitrogen and oxygen atoms in total. The molecule has 1 aromatic carbocycles. The summed E-state index contributed by atoms with van der Waals surface area (Å²) in [7, 11) is 3.83. The van der Waals surface area contributed by atoms with Gasteiger partial charge in [-0.25, -0.2) is 4.98 Å². The van der Waals surface area contributed by atoms with Crippen LogP contribution in [0.3, 0.4) is 0 Å². The number of benzene rings is 1. The first-order valence-electron chi connectivity index (χ1n) is 7.94. The number of aromatic nitrogens is 2. The number of aryl methyl sites for hydroxylation is 1. The molecule has 3 rings (SSSR count). The Morgan fingerprint density at radius 3 is 2.67 bits per heavy atom. The summed E-state index contributed by atoms with van der Waals surface area (Å²) in [6.45, 7) is 2.54. The summed E-state index contributed by atoms with van der Waals surface area (Å²) in [4.78, 5) is 11.0. The molecule has 1 aliphatic rings. The summed E-state index contributed by atoms with van der Waals surface area (Å²) in [5.74, 6) is 1.93. The molecular weight excluding hydrogens is 413 g/mol. The minimum absolute atomic E-state index is 0. The molecule has 24 heavy (non-hydrogen) atoms. The van der Waals surface area contributed by atoms with Crippen LogP contribution in [0.15, 0.2) is 53.8 Å². The van der Waals surface area contributed by atoms with E-state index in [1.54, 1.807) is 0 Å². The van der Waals surface area contributed by atoms with Crippen molar-refractivity contribution in [2.75, 3.05) is 20.1 Å². The van der Waals surface area contributed by atoms with Crippen LogP contribution in [0.4, 0.5) is 0 Å². The highest BCUT2D eigenvalue weighted by atomic mass is 127. The van der Waals surface area contributed by atoms with Gasteiger partial charge in [0, 0.05) is 39.6 Å². The van der Waals surface area contributed by atoms with Gasteiger partial charge in [0.1, 0.15) is 5.82 Å². The molecule has 2 heterocycles. The molecule has 0 aliphatic carbocycles. The number of halogens is 1. The molecule has 1 aromatic heterocycles. The Labute approximate surface area is 160 Å². The van der Waals surface area contributed by atoms with E-state index >= 15 is 0 Å². The summed E-state index contributed by atoms with van der Waals surface area (Å²) >= 11 is 0. The van der Waals surface area contributed by atoms with E-state index in [1.165, 1.54) is 11.1 Å². The average Bonchev–Trinajstić information content (AvgIpc) is 3.02. The standard InChI is InChI=1S/C18H23N5.HI/c1-19-18(21-14-17-20-10-13-22(17)2)23-11-8-16(9-12-23)15-6-4-3-5-7-15;/h3-8,10,13H,9,11-12,14H2,1-2H3,(H,19,21);1H. The molecule has 1 N–H and O–H groups in total. The minimum Gasteiger partial charge on any atom is -0.349 e. The van der Waals surface area contributed by atoms with Crippen molar-refractivity contribution in [3.8, 4) is 0 Å². The predicted molar refractivity (Wildman–Crippen MR) is 109 cm³/mol. The van der Waals surface area contributed by atoms with Crippen molar-refractivity contribution < 1.29 is 0 Å². The van der Waals surface area contributed by atoms with Crippen molar-refractivity contribution >= 4 is 35.5 Å². The topological polar surface area (TPSA) is 45.5 Å². The quantitative estimate of drug-likeness (QED) is 0.457. The predicted octanol–water partition coefficient (Wildman–Crippen LogP) is 2.90. The third-order valence-electron chi connectivity index (χ3n) is 4.19. The maximum absolute atomic E-state index is 4.40. The van der Waals surface area contributed by atoms with Crippen LogP contribution in [-0.2, 0) is 13.6 Å². The summed E-state index contributed by atoms with van der Waals surface area (Å²) in [5, 5.41) is 3.40. The Hall–Kier alpha value is -1.83. The fourth-order valence-corrected chi connectivity index (χ4v) is 2.83. The van der Waals surface area contributed by atoms with Gasteiger partial charge >= 0.3 is 0 Å². The Morgan fingerprint density at radius 2 is 2.08 bits per heavy atom. The first-order chi connectivity index (χ1) is 11.3. The van der Waals surface area contributed by atoms with Crippen molar-refractivity contribution in [1.29, 1.82) is 0 Å². The zero-order valence-corrected chi connectivity index (χ0v) is 16.5. The van der Waals surface area contributed by atoms with E-state index in [4.69, 9.17) is 0 Å². The summed E-state index contributed by atoms with van der Waals surface area (Å²) in [5.41, 5.74) is 2.74. The van der Waals surface area contributed by atoms with Crippen LogP contribution in [0.1, 0.15) is 17.8 Å². The first-order valence-corrected chi connectivity index (χ1v) is 7.94. The van der Waals surface area contributed by atoms with Crippen LogP contribution in [0, 0.1) is 0 Å². The van der Waals surface area contributed by atoms with Crippen LogP contribution >= 0.6 is 24.0 Å². The highest BCUT2D eigenvalue weighted by Crippen LogP contribution is 2.21. The Balaban J connectivity index is 0.00000208. The van der Waals surface area contributed by atoms with Gasteiger partial charge in [-0.1, -0.05) is 36.4 Å². The minimum atomic E-state index is 0. The van der Waals surface area contributed by atoms with E-state index in [1.807, 2.05) is 31.1 Å². The third-order valence-corrected chi connectivity index (χ3v) is 4.19. The number of rotatable bonds is 3. The molecule has 0 atom stereocenters. The second-order valence-electron chi connectivity index (χ2n) is 5.65. The van der Waals surface area contributed by atoms with Crippen LogP contribution in [-0.4, -0.2) is 40.5 Å². The normalized spacial score (nSPS) is 14.8. The van der Waals surface area contributed by atoms with Crippen molar-refractivity contribution in [3.05, 3.63) is 60.2 Å². The van der Waals surface area contributed by atoms with Gasteiger partial charge < -0.3 is 14.8 Å². The molecule has 128 valence electrons. The largest absolute Gasteiger partial charge is 0.349 e. The van der Waals surface area contributed by atoms with Gasteiger partial charge in [-0.05, 0) is 17.6 Å². The van der Waals surface area contributed by atoms with Crippen molar-refractivity contribution in [1.82, 2.24) is 19.8 Å². The summed E-state index contributed by atoms with van der Waals surface area (Å²) in [6, 6.07) is 10.6. The Morgan fingerprint density at radius 1 is 1.29 bits per heavy atom. The van der Waals surface area contributed by atoms with E-state index in [0.29, 0.717) is 6.54 Å². The van der Waals surface area contributed by atoms with Crippen LogP contribution in [0.2, 0.25) is 0 Å². The number of hydrogen-bond donors (Lipinski definition) is 1. The van der Waals surface area contributed by atoms with E-state index < -0.39 is 0 Å². The molecule has 1 aliphatic heterocycles. The monoisotopic (exact) mass is 437 g/mol.